The molecule has 1 heterocycles. The molecule has 0 bridgehead atoms. The Balaban J connectivity index is 1.64. The van der Waals surface area contributed by atoms with E-state index < -0.39 is 0 Å². The molecule has 0 atom stereocenters. The minimum Gasteiger partial charge on any atom is -0.494 e. The van der Waals surface area contributed by atoms with Crippen LogP contribution >= 0.6 is 0 Å². The van der Waals surface area contributed by atoms with Crippen molar-refractivity contribution in [2.45, 2.75) is 19.9 Å². The van der Waals surface area contributed by atoms with Crippen LogP contribution in [0.2, 0.25) is 0 Å². The number of amides is 1. The normalized spacial score (nSPS) is 10.7. The third-order valence-corrected chi connectivity index (χ3v) is 3.42. The van der Waals surface area contributed by atoms with Gasteiger partial charge in [0, 0.05) is 5.56 Å². The van der Waals surface area contributed by atoms with Crippen LogP contribution in [0.25, 0.3) is 11.0 Å². The fourth-order valence-electron chi connectivity index (χ4n) is 2.30. The standard InChI is InChI=1S/C18H19N3O2/c1-2-10-23-14-7-5-6-13(11-14)18(22)19-12-17-20-15-8-3-4-9-16(15)21-17/h3-9,11H,2,10,12H2,1H3,(H,19,22)(H,20,21). The van der Waals surface area contributed by atoms with Crippen molar-refractivity contribution in [1.29, 1.82) is 0 Å². The highest BCUT2D eigenvalue weighted by atomic mass is 16.5. The molecule has 23 heavy (non-hydrogen) atoms. The molecule has 0 fully saturated rings. The molecule has 0 saturated heterocycles. The fraction of sp³-hybridized carbons (Fsp3) is 0.222. The van der Waals surface area contributed by atoms with Crippen LogP contribution in [0.1, 0.15) is 29.5 Å². The largest absolute Gasteiger partial charge is 0.494 e. The first-order valence-electron chi connectivity index (χ1n) is 7.71. The van der Waals surface area contributed by atoms with Gasteiger partial charge in [-0.2, -0.15) is 0 Å². The van der Waals surface area contributed by atoms with Gasteiger partial charge in [-0.15, -0.1) is 0 Å². The first kappa shape index (κ1) is 15.1. The monoisotopic (exact) mass is 309 g/mol. The Morgan fingerprint density at radius 3 is 2.91 bits per heavy atom. The maximum atomic E-state index is 12.3. The van der Waals surface area contributed by atoms with Crippen molar-refractivity contribution in [3.63, 3.8) is 0 Å². The summed E-state index contributed by atoms with van der Waals surface area (Å²) in [7, 11) is 0. The van der Waals surface area contributed by atoms with Crippen molar-refractivity contribution in [3.8, 4) is 5.75 Å². The molecule has 5 nitrogen and oxygen atoms in total. The highest BCUT2D eigenvalue weighted by Gasteiger charge is 2.08. The van der Waals surface area contributed by atoms with Crippen LogP contribution in [0.15, 0.2) is 48.5 Å². The van der Waals surface area contributed by atoms with Gasteiger partial charge in [-0.1, -0.05) is 25.1 Å². The molecule has 0 radical (unpaired) electrons. The summed E-state index contributed by atoms with van der Waals surface area (Å²) in [6, 6.07) is 15.0. The van der Waals surface area contributed by atoms with Crippen molar-refractivity contribution >= 4 is 16.9 Å². The number of benzene rings is 2. The van der Waals surface area contributed by atoms with E-state index >= 15 is 0 Å². The molecule has 118 valence electrons. The van der Waals surface area contributed by atoms with Gasteiger partial charge in [0.25, 0.3) is 5.91 Å². The molecule has 0 aliphatic rings. The fourth-order valence-corrected chi connectivity index (χ4v) is 2.30. The number of fused-ring (bicyclic) bond motifs is 1. The van der Waals surface area contributed by atoms with E-state index in [0.29, 0.717) is 24.5 Å². The van der Waals surface area contributed by atoms with Crippen molar-refractivity contribution in [1.82, 2.24) is 15.3 Å². The van der Waals surface area contributed by atoms with E-state index in [1.807, 2.05) is 43.3 Å². The minimum absolute atomic E-state index is 0.146. The second-order valence-electron chi connectivity index (χ2n) is 5.26. The predicted molar refractivity (Wildman–Crippen MR) is 89.5 cm³/mol. The summed E-state index contributed by atoms with van der Waals surface area (Å²) < 4.78 is 5.55. The molecule has 3 rings (SSSR count). The second-order valence-corrected chi connectivity index (χ2v) is 5.26. The number of nitrogens with one attached hydrogen (secondary N) is 2. The van der Waals surface area contributed by atoms with Crippen LogP contribution in [0.4, 0.5) is 0 Å². The number of hydrogen-bond donors (Lipinski definition) is 2. The number of H-pyrrole nitrogens is 1. The number of hydrogen-bond acceptors (Lipinski definition) is 3. The Morgan fingerprint density at radius 1 is 1.22 bits per heavy atom. The lowest BCUT2D eigenvalue weighted by Crippen LogP contribution is -2.23. The van der Waals surface area contributed by atoms with Gasteiger partial charge in [0.05, 0.1) is 24.2 Å². The molecule has 0 unspecified atom stereocenters. The summed E-state index contributed by atoms with van der Waals surface area (Å²) in [4.78, 5) is 19.9. The SMILES string of the molecule is CCCOc1cccc(C(=O)NCc2nc3ccccc3[nH]2)c1. The summed E-state index contributed by atoms with van der Waals surface area (Å²) in [6.07, 6.45) is 0.933. The zero-order valence-corrected chi connectivity index (χ0v) is 13.0. The molecular formula is C18H19N3O2. The zero-order chi connectivity index (χ0) is 16.1. The van der Waals surface area contributed by atoms with Crippen molar-refractivity contribution in [2.75, 3.05) is 6.61 Å². The van der Waals surface area contributed by atoms with E-state index in [9.17, 15) is 4.79 Å². The smallest absolute Gasteiger partial charge is 0.251 e. The van der Waals surface area contributed by atoms with Gasteiger partial charge < -0.3 is 15.0 Å². The summed E-state index contributed by atoms with van der Waals surface area (Å²) in [6.45, 7) is 3.04. The van der Waals surface area contributed by atoms with Crippen LogP contribution in [-0.4, -0.2) is 22.5 Å². The number of rotatable bonds is 6. The minimum atomic E-state index is -0.146. The first-order chi connectivity index (χ1) is 11.3. The van der Waals surface area contributed by atoms with E-state index in [0.717, 1.165) is 23.3 Å². The predicted octanol–water partition coefficient (Wildman–Crippen LogP) is 3.28. The third-order valence-electron chi connectivity index (χ3n) is 3.42. The maximum absolute atomic E-state index is 12.3. The lowest BCUT2D eigenvalue weighted by atomic mass is 10.2. The second kappa shape index (κ2) is 6.96. The van der Waals surface area contributed by atoms with E-state index in [2.05, 4.69) is 15.3 Å². The molecule has 1 amide bonds. The van der Waals surface area contributed by atoms with Gasteiger partial charge in [0.2, 0.25) is 0 Å². The lowest BCUT2D eigenvalue weighted by molar-refractivity contribution is 0.0949. The van der Waals surface area contributed by atoms with Gasteiger partial charge in [-0.3, -0.25) is 4.79 Å². The van der Waals surface area contributed by atoms with E-state index in [1.54, 1.807) is 12.1 Å². The molecule has 0 spiro atoms. The summed E-state index contributed by atoms with van der Waals surface area (Å²) in [5.41, 5.74) is 2.44. The van der Waals surface area contributed by atoms with Gasteiger partial charge in [0.15, 0.2) is 0 Å². The molecule has 0 aliphatic heterocycles. The van der Waals surface area contributed by atoms with Crippen molar-refractivity contribution in [2.24, 2.45) is 0 Å². The number of aromatic nitrogens is 2. The maximum Gasteiger partial charge on any atom is 0.251 e. The molecule has 2 aromatic carbocycles. The van der Waals surface area contributed by atoms with Crippen LogP contribution in [0.5, 0.6) is 5.75 Å². The average molecular weight is 309 g/mol. The third kappa shape index (κ3) is 3.69. The van der Waals surface area contributed by atoms with E-state index in [-0.39, 0.29) is 5.91 Å². The first-order valence-corrected chi connectivity index (χ1v) is 7.71. The molecule has 3 aromatic rings. The number of para-hydroxylation sites is 2. The number of nitrogens with zero attached hydrogens (tertiary/aromatic N) is 1. The van der Waals surface area contributed by atoms with Gasteiger partial charge in [-0.05, 0) is 36.8 Å². The van der Waals surface area contributed by atoms with Crippen LogP contribution in [0, 0.1) is 0 Å². The summed E-state index contributed by atoms with van der Waals surface area (Å²) >= 11 is 0. The molecular weight excluding hydrogens is 290 g/mol. The van der Waals surface area contributed by atoms with Crippen LogP contribution < -0.4 is 10.1 Å². The highest BCUT2D eigenvalue weighted by Crippen LogP contribution is 2.14. The van der Waals surface area contributed by atoms with Gasteiger partial charge in [0.1, 0.15) is 11.6 Å². The molecule has 0 aliphatic carbocycles. The van der Waals surface area contributed by atoms with Gasteiger partial charge in [-0.25, -0.2) is 4.98 Å². The summed E-state index contributed by atoms with van der Waals surface area (Å²) in [5.74, 6) is 1.30. The molecule has 0 saturated carbocycles. The van der Waals surface area contributed by atoms with E-state index in [1.165, 1.54) is 0 Å². The van der Waals surface area contributed by atoms with E-state index in [4.69, 9.17) is 4.74 Å². The number of aromatic amines is 1. The van der Waals surface area contributed by atoms with Gasteiger partial charge >= 0.3 is 0 Å². The highest BCUT2D eigenvalue weighted by molar-refractivity contribution is 5.94. The van der Waals surface area contributed by atoms with Crippen LogP contribution in [0.3, 0.4) is 0 Å². The Hall–Kier alpha value is -2.82. The Morgan fingerprint density at radius 2 is 2.09 bits per heavy atom. The molecule has 5 heteroatoms. The Labute approximate surface area is 134 Å². The Kier molecular flexibility index (Phi) is 4.57. The number of imidazole rings is 1. The quantitative estimate of drug-likeness (QED) is 0.734. The number of carbonyl (C=O) groups is 1. The lowest BCUT2D eigenvalue weighted by Gasteiger charge is -2.07. The molecule has 2 N–H and O–H groups in total. The van der Waals surface area contributed by atoms with Crippen LogP contribution in [-0.2, 0) is 6.54 Å². The zero-order valence-electron chi connectivity index (χ0n) is 13.0. The Bertz CT molecular complexity index is 778. The summed E-state index contributed by atoms with van der Waals surface area (Å²) in [5, 5.41) is 2.87. The number of carbonyl (C=O) groups excluding carboxylic acids is 1. The topological polar surface area (TPSA) is 67.0 Å². The molecule has 1 aromatic heterocycles. The average Bonchev–Trinajstić information content (AvgIpc) is 3.01. The van der Waals surface area contributed by atoms with Crippen molar-refractivity contribution in [3.05, 3.63) is 59.9 Å². The van der Waals surface area contributed by atoms with Crippen molar-refractivity contribution < 1.29 is 9.53 Å². The number of ether oxygens (including phenoxy) is 1.